The van der Waals surface area contributed by atoms with Gasteiger partial charge in [-0.3, -0.25) is 4.79 Å². The fourth-order valence-corrected chi connectivity index (χ4v) is 6.44. The molecule has 104 valence electrons. The highest BCUT2D eigenvalue weighted by Gasteiger charge is 2.69. The maximum absolute atomic E-state index is 12.6. The number of rotatable bonds is 1. The van der Waals surface area contributed by atoms with Crippen LogP contribution in [0.15, 0.2) is 11.3 Å². The molecule has 3 aliphatic carbocycles. The van der Waals surface area contributed by atoms with Gasteiger partial charge in [0.2, 0.25) is 0 Å². The molecule has 0 unspecified atom stereocenters. The van der Waals surface area contributed by atoms with Crippen molar-refractivity contribution in [3.63, 3.8) is 0 Å². The summed E-state index contributed by atoms with van der Waals surface area (Å²) < 4.78 is 11.9. The Morgan fingerprint density at radius 3 is 2.58 bits per heavy atom. The molecule has 0 aromatic rings. The number of carbonyl (C=O) groups excluding carboxylic acids is 1. The summed E-state index contributed by atoms with van der Waals surface area (Å²) in [6, 6.07) is 0. The van der Waals surface area contributed by atoms with Crippen LogP contribution in [0.2, 0.25) is 19.6 Å². The van der Waals surface area contributed by atoms with Gasteiger partial charge >= 0.3 is 0 Å². The van der Waals surface area contributed by atoms with Crippen LogP contribution in [0, 0.1) is 23.7 Å². The predicted octanol–water partition coefficient (Wildman–Crippen LogP) is 2.39. The van der Waals surface area contributed by atoms with Gasteiger partial charge in [0.15, 0.2) is 11.6 Å². The second-order valence-corrected chi connectivity index (χ2v) is 12.6. The van der Waals surface area contributed by atoms with Crippen molar-refractivity contribution in [1.82, 2.24) is 0 Å². The molecule has 0 aromatic carbocycles. The zero-order chi connectivity index (χ0) is 13.4. The minimum Gasteiger partial charge on any atom is -0.347 e. The van der Waals surface area contributed by atoms with E-state index in [1.54, 1.807) is 0 Å². The third-order valence-electron chi connectivity index (χ3n) is 5.60. The monoisotopic (exact) mass is 278 g/mol. The molecule has 1 saturated heterocycles. The SMILES string of the molecule is C[Si](C)(C)C1=C[C@H]2[C@H](C1=O)[C@@H]1CCC3(OCCO3)[C@@H]21. The normalized spacial score (nSPS) is 43.1. The molecule has 1 spiro atoms. The molecule has 4 atom stereocenters. The first-order chi connectivity index (χ1) is 8.94. The molecular weight excluding hydrogens is 256 g/mol. The van der Waals surface area contributed by atoms with E-state index in [9.17, 15) is 4.79 Å². The van der Waals surface area contributed by atoms with Crippen LogP contribution in [0.1, 0.15) is 12.8 Å². The zero-order valence-corrected chi connectivity index (χ0v) is 12.9. The summed E-state index contributed by atoms with van der Waals surface area (Å²) in [7, 11) is -1.50. The Hall–Kier alpha value is -0.453. The highest BCUT2D eigenvalue weighted by Crippen LogP contribution is 2.65. The van der Waals surface area contributed by atoms with Crippen LogP contribution in [0.25, 0.3) is 0 Å². The molecule has 3 nitrogen and oxygen atoms in total. The Labute approximate surface area is 115 Å². The van der Waals surface area contributed by atoms with Gasteiger partial charge in [0.05, 0.1) is 21.3 Å². The predicted molar refractivity (Wildman–Crippen MR) is 74.3 cm³/mol. The van der Waals surface area contributed by atoms with Gasteiger partial charge in [-0.1, -0.05) is 25.7 Å². The molecule has 4 heteroatoms. The van der Waals surface area contributed by atoms with Crippen molar-refractivity contribution in [1.29, 1.82) is 0 Å². The molecule has 0 N–H and O–H groups in total. The minimum atomic E-state index is -1.50. The van der Waals surface area contributed by atoms with E-state index in [2.05, 4.69) is 25.7 Å². The molecule has 4 rings (SSSR count). The lowest BCUT2D eigenvalue weighted by molar-refractivity contribution is -0.221. The van der Waals surface area contributed by atoms with E-state index in [0.717, 1.165) is 26.1 Å². The molecule has 0 amide bonds. The van der Waals surface area contributed by atoms with Gasteiger partial charge < -0.3 is 9.47 Å². The van der Waals surface area contributed by atoms with Crippen molar-refractivity contribution in [2.75, 3.05) is 13.2 Å². The van der Waals surface area contributed by atoms with Gasteiger partial charge in [0.25, 0.3) is 0 Å². The summed E-state index contributed by atoms with van der Waals surface area (Å²) in [5.74, 6) is 1.75. The summed E-state index contributed by atoms with van der Waals surface area (Å²) in [6.45, 7) is 8.26. The second kappa shape index (κ2) is 3.60. The fraction of sp³-hybridized carbons (Fsp3) is 0.800. The van der Waals surface area contributed by atoms with Crippen LogP contribution >= 0.6 is 0 Å². The second-order valence-electron chi connectivity index (χ2n) is 7.53. The Bertz CT molecular complexity index is 470. The Morgan fingerprint density at radius 2 is 1.95 bits per heavy atom. The molecule has 1 heterocycles. The number of allylic oxidation sites excluding steroid dienone is 2. The number of hydrogen-bond donors (Lipinski definition) is 0. The molecular formula is C15H22O3Si. The average Bonchev–Trinajstić information content (AvgIpc) is 2.91. The third-order valence-corrected chi connectivity index (χ3v) is 7.63. The first-order valence-electron chi connectivity index (χ1n) is 7.48. The molecule has 1 aliphatic heterocycles. The summed E-state index contributed by atoms with van der Waals surface area (Å²) in [6.07, 6.45) is 4.39. The molecule has 0 radical (unpaired) electrons. The van der Waals surface area contributed by atoms with Gasteiger partial charge in [-0.25, -0.2) is 0 Å². The van der Waals surface area contributed by atoms with Gasteiger partial charge in [-0.05, 0) is 23.5 Å². The Kier molecular flexibility index (Phi) is 2.33. The summed E-state index contributed by atoms with van der Waals surface area (Å²) in [5, 5.41) is 1.17. The number of ether oxygens (including phenoxy) is 2. The Morgan fingerprint density at radius 1 is 1.26 bits per heavy atom. The summed E-state index contributed by atoms with van der Waals surface area (Å²) in [5.41, 5.74) is 0. The molecule has 0 aromatic heterocycles. The van der Waals surface area contributed by atoms with Gasteiger partial charge in [-0.2, -0.15) is 0 Å². The van der Waals surface area contributed by atoms with E-state index in [-0.39, 0.29) is 11.7 Å². The van der Waals surface area contributed by atoms with Crippen molar-refractivity contribution in [2.45, 2.75) is 38.3 Å². The summed E-state index contributed by atoms with van der Waals surface area (Å²) in [4.78, 5) is 12.6. The van der Waals surface area contributed by atoms with Gasteiger partial charge in [0.1, 0.15) is 0 Å². The number of carbonyl (C=O) groups is 1. The highest BCUT2D eigenvalue weighted by atomic mass is 28.3. The van der Waals surface area contributed by atoms with Crippen molar-refractivity contribution < 1.29 is 14.3 Å². The van der Waals surface area contributed by atoms with Gasteiger partial charge in [0, 0.05) is 18.3 Å². The topological polar surface area (TPSA) is 35.5 Å². The average molecular weight is 278 g/mol. The van der Waals surface area contributed by atoms with E-state index in [1.807, 2.05) is 0 Å². The van der Waals surface area contributed by atoms with Crippen molar-refractivity contribution in [3.8, 4) is 0 Å². The van der Waals surface area contributed by atoms with E-state index >= 15 is 0 Å². The fourth-order valence-electron chi connectivity index (χ4n) is 4.84. The first-order valence-corrected chi connectivity index (χ1v) is 11.0. The van der Waals surface area contributed by atoms with E-state index in [0.29, 0.717) is 23.5 Å². The lowest BCUT2D eigenvalue weighted by Crippen LogP contribution is -2.53. The van der Waals surface area contributed by atoms with E-state index < -0.39 is 8.07 Å². The van der Waals surface area contributed by atoms with Crippen LogP contribution in [0.4, 0.5) is 0 Å². The lowest BCUT2D eigenvalue weighted by Gasteiger charge is -2.48. The van der Waals surface area contributed by atoms with Crippen molar-refractivity contribution in [2.24, 2.45) is 23.7 Å². The number of hydrogen-bond acceptors (Lipinski definition) is 3. The van der Waals surface area contributed by atoms with Crippen LogP contribution in [-0.2, 0) is 14.3 Å². The van der Waals surface area contributed by atoms with Crippen molar-refractivity contribution in [3.05, 3.63) is 11.3 Å². The van der Waals surface area contributed by atoms with Gasteiger partial charge in [-0.15, -0.1) is 0 Å². The standard InChI is InChI=1S/C15H22O3Si/c1-19(2,3)11-8-10-12(14(11)16)9-4-5-15(13(9)10)17-6-7-18-15/h8-10,12-13H,4-7H2,1-3H3/t9-,10-,12+,13+/m0/s1. The molecule has 4 aliphatic rings. The number of Topliss-reactive ketones (excluding diaryl/α,β-unsaturated/α-hetero) is 1. The van der Waals surface area contributed by atoms with Crippen LogP contribution in [-0.4, -0.2) is 32.9 Å². The third kappa shape index (κ3) is 1.43. The molecule has 2 saturated carbocycles. The largest absolute Gasteiger partial charge is 0.347 e. The smallest absolute Gasteiger partial charge is 0.172 e. The van der Waals surface area contributed by atoms with Crippen LogP contribution in [0.5, 0.6) is 0 Å². The maximum atomic E-state index is 12.6. The molecule has 0 bridgehead atoms. The Balaban J connectivity index is 1.68. The van der Waals surface area contributed by atoms with E-state index in [1.165, 1.54) is 5.20 Å². The number of fused-ring (bicyclic) bond motifs is 5. The number of ketones is 1. The first kappa shape index (κ1) is 12.3. The summed E-state index contributed by atoms with van der Waals surface area (Å²) >= 11 is 0. The minimum absolute atomic E-state index is 0.263. The zero-order valence-electron chi connectivity index (χ0n) is 11.9. The highest BCUT2D eigenvalue weighted by molar-refractivity contribution is 6.87. The van der Waals surface area contributed by atoms with Crippen molar-refractivity contribution >= 4 is 13.9 Å². The van der Waals surface area contributed by atoms with Crippen LogP contribution < -0.4 is 0 Å². The quantitative estimate of drug-likeness (QED) is 0.691. The van der Waals surface area contributed by atoms with E-state index in [4.69, 9.17) is 9.47 Å². The van der Waals surface area contributed by atoms with Crippen LogP contribution in [0.3, 0.4) is 0 Å². The lowest BCUT2D eigenvalue weighted by atomic mass is 9.58. The maximum Gasteiger partial charge on any atom is 0.172 e. The molecule has 19 heavy (non-hydrogen) atoms. The molecule has 3 fully saturated rings.